The molecule has 0 aromatic heterocycles. The van der Waals surface area contributed by atoms with E-state index in [-0.39, 0.29) is 83.8 Å². The zero-order valence-electron chi connectivity index (χ0n) is 43.6. The zero-order chi connectivity index (χ0) is 53.0. The van der Waals surface area contributed by atoms with Gasteiger partial charge in [-0.2, -0.15) is 0 Å². The molecule has 26 atom stereocenters. The van der Waals surface area contributed by atoms with Crippen molar-refractivity contribution in [2.75, 3.05) is 26.4 Å². The molecule has 15 unspecified atom stereocenters. The van der Waals surface area contributed by atoms with Gasteiger partial charge in [0, 0.05) is 42.8 Å². The van der Waals surface area contributed by atoms with E-state index in [1.54, 1.807) is 0 Å². The SMILES string of the molecule is CC(=O)OC1C(C)C(C)(C)CC2C3=CCC4C5(C)CCC(O[C@@H]6CC(C(=O)O)[C@H](O[C@@H]7CC(CO)[C@H](O)[C@H](O)C7O)[C@H](O)C6O[C@@H]6CC(CO)[C@H](O)[C@H](O)C6O)[C@](C)(CO)C5CCC4(C)[C@]3(C)CCC21CO. The molecule has 8 aliphatic carbocycles. The molecule has 8 rings (SSSR count). The normalized spacial score (nSPS) is 53.2. The van der Waals surface area contributed by atoms with Gasteiger partial charge in [0.2, 0.25) is 0 Å². The Labute approximate surface area is 424 Å². The van der Waals surface area contributed by atoms with Crippen LogP contribution in [0.15, 0.2) is 11.6 Å². The lowest BCUT2D eigenvalue weighted by atomic mass is 9.33. The molecule has 7 saturated carbocycles. The monoisotopic (exact) mass is 1020 g/mol. The van der Waals surface area contributed by atoms with E-state index in [9.17, 15) is 70.9 Å². The number of hydrogen-bond acceptors (Lipinski definition) is 17. The Kier molecular flexibility index (Phi) is 15.8. The predicted octanol–water partition coefficient (Wildman–Crippen LogP) is 1.46. The van der Waals surface area contributed by atoms with Crippen molar-refractivity contribution in [1.29, 1.82) is 0 Å². The number of allylic oxidation sites excluding steroid dienone is 2. The Morgan fingerprint density at radius 2 is 1.24 bits per heavy atom. The fourth-order valence-electron chi connectivity index (χ4n) is 17.3. The summed E-state index contributed by atoms with van der Waals surface area (Å²) in [5.41, 5.74) is -1.04. The quantitative estimate of drug-likeness (QED) is 0.0973. The van der Waals surface area contributed by atoms with Gasteiger partial charge in [0.05, 0.1) is 61.9 Å². The van der Waals surface area contributed by atoms with Crippen LogP contribution >= 0.6 is 0 Å². The average molecular weight is 1030 g/mol. The maximum atomic E-state index is 13.3. The summed E-state index contributed by atoms with van der Waals surface area (Å²) in [5, 5.41) is 131. The summed E-state index contributed by atoms with van der Waals surface area (Å²) in [6.07, 6.45) is -12.1. The van der Waals surface area contributed by atoms with Crippen LogP contribution in [0.4, 0.5) is 0 Å². The van der Waals surface area contributed by atoms with Crippen LogP contribution in [-0.2, 0) is 28.5 Å². The number of carbonyl (C=O) groups is 2. The van der Waals surface area contributed by atoms with Gasteiger partial charge in [-0.15, -0.1) is 0 Å². The minimum absolute atomic E-state index is 0.00911. The minimum atomic E-state index is -1.84. The molecule has 0 spiro atoms. The minimum Gasteiger partial charge on any atom is -0.481 e. The number of aliphatic hydroxyl groups is 11. The number of hydrogen-bond donors (Lipinski definition) is 12. The van der Waals surface area contributed by atoms with Crippen LogP contribution in [0.1, 0.15) is 126 Å². The van der Waals surface area contributed by atoms with Crippen LogP contribution < -0.4 is 0 Å². The number of carbonyl (C=O) groups excluding carboxylic acids is 1. The number of aliphatic hydroxyl groups excluding tert-OH is 11. The fourth-order valence-corrected chi connectivity index (χ4v) is 17.3. The second-order valence-electron chi connectivity index (χ2n) is 25.9. The van der Waals surface area contributed by atoms with Crippen molar-refractivity contribution in [2.45, 2.75) is 211 Å². The van der Waals surface area contributed by atoms with Crippen molar-refractivity contribution < 1.29 is 89.8 Å². The van der Waals surface area contributed by atoms with Gasteiger partial charge < -0.3 is 80.2 Å². The van der Waals surface area contributed by atoms with Gasteiger partial charge >= 0.3 is 11.9 Å². The molecule has 18 heteroatoms. The van der Waals surface area contributed by atoms with Crippen LogP contribution in [0.2, 0.25) is 0 Å². The first kappa shape index (κ1) is 56.3. The summed E-state index contributed by atoms with van der Waals surface area (Å²) >= 11 is 0. The van der Waals surface area contributed by atoms with E-state index in [0.29, 0.717) is 19.3 Å². The lowest BCUT2D eigenvalue weighted by molar-refractivity contribution is -0.287. The Morgan fingerprint density at radius 3 is 1.76 bits per heavy atom. The summed E-state index contributed by atoms with van der Waals surface area (Å²) in [7, 11) is 0. The summed E-state index contributed by atoms with van der Waals surface area (Å²) in [6.45, 7) is 15.8. The number of fused-ring (bicyclic) bond motifs is 7. The standard InChI is InChI=1S/C54H88O18/c1-25-47(69-26(2)59)54(24-58)16-15-52(7)30(31(54)20-49(25,3)4)9-10-36-50(5)13-12-37(51(6,23-57)35(50)11-14-53(36,52)8)70-34-19-29(48(67)68)45(71-32-17-27(21-55)38(60)42(64)40(32)62)44(66)46(34)72-33-18-28(22-56)39(61)43(65)41(33)63/h9,25,27-29,31-47,55-58,60-66H,10-24H2,1-8H3,(H,67,68)/t25?,27?,28?,29?,31?,32-,33-,34-,35?,36?,37?,38+,39+,40?,41?,42+,43+,44+,45+,46?,47?,50?,51-,52-,53?,54?/m1/s1. The Morgan fingerprint density at radius 1 is 0.653 bits per heavy atom. The number of carboxylic acids is 1. The molecule has 0 bridgehead atoms. The molecule has 0 saturated heterocycles. The highest BCUT2D eigenvalue weighted by atomic mass is 16.6. The van der Waals surface area contributed by atoms with E-state index < -0.39 is 133 Å². The average Bonchev–Trinajstić information content (AvgIpc) is 3.33. The molecule has 0 aliphatic heterocycles. The van der Waals surface area contributed by atoms with Crippen molar-refractivity contribution in [1.82, 2.24) is 0 Å². The molecule has 0 amide bonds. The van der Waals surface area contributed by atoms with Crippen molar-refractivity contribution in [3.8, 4) is 0 Å². The maximum Gasteiger partial charge on any atom is 0.309 e. The first-order chi connectivity index (χ1) is 33.7. The summed E-state index contributed by atoms with van der Waals surface area (Å²) < 4.78 is 26.0. The van der Waals surface area contributed by atoms with E-state index in [1.165, 1.54) is 12.5 Å². The van der Waals surface area contributed by atoms with Gasteiger partial charge in [-0.25, -0.2) is 0 Å². The number of esters is 1. The third kappa shape index (κ3) is 8.67. The third-order valence-electron chi connectivity index (χ3n) is 22.2. The van der Waals surface area contributed by atoms with Gasteiger partial charge in [0.1, 0.15) is 42.7 Å². The molecule has 0 aromatic carbocycles. The topological polar surface area (TPSA) is 314 Å². The molecule has 12 N–H and O–H groups in total. The van der Waals surface area contributed by atoms with Crippen LogP contribution in [0.5, 0.6) is 0 Å². The molecule has 0 radical (unpaired) electrons. The van der Waals surface area contributed by atoms with Crippen LogP contribution in [-0.4, -0.2) is 185 Å². The van der Waals surface area contributed by atoms with Gasteiger partial charge in [-0.3, -0.25) is 9.59 Å². The van der Waals surface area contributed by atoms with E-state index in [1.807, 2.05) is 6.92 Å². The molecular weight excluding hydrogens is 937 g/mol. The molecule has 0 heterocycles. The largest absolute Gasteiger partial charge is 0.481 e. The Bertz CT molecular complexity index is 2000. The van der Waals surface area contributed by atoms with Crippen molar-refractivity contribution >= 4 is 11.9 Å². The van der Waals surface area contributed by atoms with E-state index >= 15 is 0 Å². The smallest absolute Gasteiger partial charge is 0.309 e. The van der Waals surface area contributed by atoms with Crippen LogP contribution in [0.25, 0.3) is 0 Å². The summed E-state index contributed by atoms with van der Waals surface area (Å²) in [6, 6.07) is 0. The molecule has 0 aromatic rings. The van der Waals surface area contributed by atoms with E-state index in [4.69, 9.17) is 18.9 Å². The fraction of sp³-hybridized carbons (Fsp3) is 0.926. The van der Waals surface area contributed by atoms with Gasteiger partial charge in [-0.05, 0) is 116 Å². The molecule has 18 nitrogen and oxygen atoms in total. The van der Waals surface area contributed by atoms with Crippen molar-refractivity contribution in [3.05, 3.63) is 11.6 Å². The van der Waals surface area contributed by atoms with E-state index in [2.05, 4.69) is 47.6 Å². The van der Waals surface area contributed by atoms with Crippen LogP contribution in [0.3, 0.4) is 0 Å². The van der Waals surface area contributed by atoms with Gasteiger partial charge in [-0.1, -0.05) is 60.1 Å². The van der Waals surface area contributed by atoms with Crippen molar-refractivity contribution in [3.63, 3.8) is 0 Å². The van der Waals surface area contributed by atoms with Crippen LogP contribution in [0, 0.1) is 73.9 Å². The molecule has 7 fully saturated rings. The molecule has 8 aliphatic rings. The first-order valence-corrected chi connectivity index (χ1v) is 26.9. The number of carboxylic acid groups (broad SMARTS) is 1. The zero-order valence-corrected chi connectivity index (χ0v) is 43.6. The van der Waals surface area contributed by atoms with Gasteiger partial charge in [0.25, 0.3) is 0 Å². The molecular formula is C54H88O18. The Hall–Kier alpha value is -1.88. The third-order valence-corrected chi connectivity index (χ3v) is 22.2. The second kappa shape index (κ2) is 20.2. The first-order valence-electron chi connectivity index (χ1n) is 26.9. The highest BCUT2D eigenvalue weighted by Crippen LogP contribution is 2.76. The van der Waals surface area contributed by atoms with Crippen molar-refractivity contribution in [2.24, 2.45) is 73.9 Å². The molecule has 72 heavy (non-hydrogen) atoms. The highest BCUT2D eigenvalue weighted by Gasteiger charge is 2.71. The van der Waals surface area contributed by atoms with Gasteiger partial charge in [0.15, 0.2) is 0 Å². The number of aliphatic carboxylic acids is 1. The lowest BCUT2D eigenvalue weighted by Gasteiger charge is -2.72. The van der Waals surface area contributed by atoms with E-state index in [0.717, 1.165) is 32.1 Å². The summed E-state index contributed by atoms with van der Waals surface area (Å²) in [5.74, 6) is -4.91. The predicted molar refractivity (Wildman–Crippen MR) is 257 cm³/mol. The number of ether oxygens (including phenoxy) is 4. The Balaban J connectivity index is 1.10. The number of rotatable bonds is 12. The lowest BCUT2D eigenvalue weighted by Crippen LogP contribution is -2.68. The second-order valence-corrected chi connectivity index (χ2v) is 25.9. The molecule has 412 valence electrons. The summed E-state index contributed by atoms with van der Waals surface area (Å²) in [4.78, 5) is 25.9. The highest BCUT2D eigenvalue weighted by molar-refractivity contribution is 5.71. The maximum absolute atomic E-state index is 13.3.